The predicted molar refractivity (Wildman–Crippen MR) is 102 cm³/mol. The average Bonchev–Trinajstić information content (AvgIpc) is 3.51. The summed E-state index contributed by atoms with van der Waals surface area (Å²) in [7, 11) is 0. The van der Waals surface area contributed by atoms with Crippen molar-refractivity contribution >= 4 is 23.9 Å². The van der Waals surface area contributed by atoms with Gasteiger partial charge in [0.05, 0.1) is 12.5 Å². The molecule has 1 aromatic rings. The largest absolute Gasteiger partial charge is 0.466 e. The van der Waals surface area contributed by atoms with Crippen LogP contribution in [0.4, 0.5) is 0 Å². The Balaban J connectivity index is 1.48. The van der Waals surface area contributed by atoms with Crippen LogP contribution >= 0.6 is 0 Å². The van der Waals surface area contributed by atoms with Crippen molar-refractivity contribution in [2.24, 2.45) is 5.92 Å². The van der Waals surface area contributed by atoms with Crippen LogP contribution in [0, 0.1) is 5.92 Å². The van der Waals surface area contributed by atoms with Crippen molar-refractivity contribution in [3.63, 3.8) is 0 Å². The molecule has 2 aliphatic rings. The molecule has 2 fully saturated rings. The number of piperidine rings is 1. The highest BCUT2D eigenvalue weighted by Crippen LogP contribution is 2.20. The molecule has 1 aliphatic carbocycles. The number of likely N-dealkylation sites (tertiary alicyclic amines) is 1. The van der Waals surface area contributed by atoms with Gasteiger partial charge in [-0.2, -0.15) is 0 Å². The van der Waals surface area contributed by atoms with Gasteiger partial charge in [-0.25, -0.2) is 0 Å². The van der Waals surface area contributed by atoms with Gasteiger partial charge < -0.3 is 15.0 Å². The number of hydrogen-bond donors (Lipinski definition) is 1. The standard InChI is InChI=1S/C21H26N2O4/c1-2-27-21(26)17-11-13-23(14-12-17)19(24)10-5-15-3-6-16(7-4-15)20(25)22-18-8-9-18/h3-7,10,17-18H,2,8-9,11-14H2,1H3,(H,22,25)/b10-5+. The maximum Gasteiger partial charge on any atom is 0.309 e. The summed E-state index contributed by atoms with van der Waals surface area (Å²) in [5.41, 5.74) is 1.50. The minimum Gasteiger partial charge on any atom is -0.466 e. The molecule has 6 heteroatoms. The van der Waals surface area contributed by atoms with Crippen molar-refractivity contribution < 1.29 is 19.1 Å². The first-order valence-electron chi connectivity index (χ1n) is 9.61. The lowest BCUT2D eigenvalue weighted by molar-refractivity contribution is -0.150. The number of carbonyl (C=O) groups is 3. The molecule has 2 amide bonds. The molecule has 0 atom stereocenters. The summed E-state index contributed by atoms with van der Waals surface area (Å²) >= 11 is 0. The number of nitrogens with one attached hydrogen (secondary N) is 1. The number of rotatable bonds is 6. The van der Waals surface area contributed by atoms with E-state index in [1.54, 1.807) is 36.1 Å². The van der Waals surface area contributed by atoms with E-state index in [-0.39, 0.29) is 23.7 Å². The lowest BCUT2D eigenvalue weighted by Crippen LogP contribution is -2.39. The molecular weight excluding hydrogens is 344 g/mol. The highest BCUT2D eigenvalue weighted by molar-refractivity contribution is 5.95. The fourth-order valence-corrected chi connectivity index (χ4v) is 3.11. The number of esters is 1. The Morgan fingerprint density at radius 2 is 1.78 bits per heavy atom. The minimum absolute atomic E-state index is 0.0476. The third-order valence-electron chi connectivity index (χ3n) is 4.93. The predicted octanol–water partition coefficient (Wildman–Crippen LogP) is 2.39. The number of hydrogen-bond acceptors (Lipinski definition) is 4. The molecule has 0 spiro atoms. The van der Waals surface area contributed by atoms with E-state index in [0.717, 1.165) is 18.4 Å². The van der Waals surface area contributed by atoms with Gasteiger partial charge in [-0.3, -0.25) is 14.4 Å². The molecule has 1 saturated heterocycles. The number of carbonyl (C=O) groups excluding carboxylic acids is 3. The molecule has 0 radical (unpaired) electrons. The van der Waals surface area contributed by atoms with Gasteiger partial charge in [-0.05, 0) is 56.4 Å². The molecule has 144 valence electrons. The third kappa shape index (κ3) is 5.42. The Morgan fingerprint density at radius 1 is 1.11 bits per heavy atom. The molecular formula is C21H26N2O4. The van der Waals surface area contributed by atoms with Gasteiger partial charge in [0.15, 0.2) is 0 Å². The number of benzene rings is 1. The fourth-order valence-electron chi connectivity index (χ4n) is 3.11. The van der Waals surface area contributed by atoms with Crippen molar-refractivity contribution in [1.82, 2.24) is 10.2 Å². The van der Waals surface area contributed by atoms with Gasteiger partial charge in [0.1, 0.15) is 0 Å². The molecule has 0 unspecified atom stereocenters. The van der Waals surface area contributed by atoms with Gasteiger partial charge in [-0.1, -0.05) is 12.1 Å². The van der Waals surface area contributed by atoms with E-state index in [1.807, 2.05) is 12.1 Å². The summed E-state index contributed by atoms with van der Waals surface area (Å²) in [6, 6.07) is 7.54. The SMILES string of the molecule is CCOC(=O)C1CCN(C(=O)/C=C/c2ccc(C(=O)NC3CC3)cc2)CC1. The summed E-state index contributed by atoms with van der Waals surface area (Å²) in [5.74, 6) is -0.375. The summed E-state index contributed by atoms with van der Waals surface area (Å²) < 4.78 is 5.05. The van der Waals surface area contributed by atoms with Crippen LogP contribution in [0.2, 0.25) is 0 Å². The quantitative estimate of drug-likeness (QED) is 0.616. The van der Waals surface area contributed by atoms with E-state index < -0.39 is 0 Å². The van der Waals surface area contributed by atoms with Crippen molar-refractivity contribution in [1.29, 1.82) is 0 Å². The second-order valence-corrected chi connectivity index (χ2v) is 7.05. The highest BCUT2D eigenvalue weighted by atomic mass is 16.5. The van der Waals surface area contributed by atoms with Gasteiger partial charge in [-0.15, -0.1) is 0 Å². The summed E-state index contributed by atoms with van der Waals surface area (Å²) in [6.45, 7) is 3.31. The van der Waals surface area contributed by atoms with Crippen LogP contribution in [0.25, 0.3) is 6.08 Å². The molecule has 1 aliphatic heterocycles. The fraction of sp³-hybridized carbons (Fsp3) is 0.476. The summed E-state index contributed by atoms with van der Waals surface area (Å²) in [6.07, 6.45) is 6.70. The Bertz CT molecular complexity index is 714. The molecule has 27 heavy (non-hydrogen) atoms. The molecule has 3 rings (SSSR count). The van der Waals surface area contributed by atoms with Crippen molar-refractivity contribution in [3.8, 4) is 0 Å². The number of nitrogens with zero attached hydrogens (tertiary/aromatic N) is 1. The van der Waals surface area contributed by atoms with Gasteiger partial charge in [0.2, 0.25) is 5.91 Å². The molecule has 1 saturated carbocycles. The first-order valence-corrected chi connectivity index (χ1v) is 9.61. The Hall–Kier alpha value is -2.63. The van der Waals surface area contributed by atoms with E-state index in [0.29, 0.717) is 44.1 Å². The second kappa shape index (κ2) is 8.84. The first kappa shape index (κ1) is 19.1. The molecule has 1 aromatic carbocycles. The van der Waals surface area contributed by atoms with Crippen molar-refractivity contribution in [2.45, 2.75) is 38.6 Å². The smallest absolute Gasteiger partial charge is 0.309 e. The van der Waals surface area contributed by atoms with Crippen LogP contribution in [0.1, 0.15) is 48.5 Å². The Kier molecular flexibility index (Phi) is 6.27. The van der Waals surface area contributed by atoms with E-state index in [9.17, 15) is 14.4 Å². The minimum atomic E-state index is -0.161. The summed E-state index contributed by atoms with van der Waals surface area (Å²) in [4.78, 5) is 37.8. The molecule has 6 nitrogen and oxygen atoms in total. The first-order chi connectivity index (χ1) is 13.1. The third-order valence-corrected chi connectivity index (χ3v) is 4.93. The van der Waals surface area contributed by atoms with Gasteiger partial charge in [0, 0.05) is 30.8 Å². The van der Waals surface area contributed by atoms with E-state index in [4.69, 9.17) is 4.74 Å². The van der Waals surface area contributed by atoms with Crippen LogP contribution < -0.4 is 5.32 Å². The van der Waals surface area contributed by atoms with Gasteiger partial charge >= 0.3 is 5.97 Å². The summed E-state index contributed by atoms with van der Waals surface area (Å²) in [5, 5.41) is 2.95. The van der Waals surface area contributed by atoms with Gasteiger partial charge in [0.25, 0.3) is 5.91 Å². The number of amides is 2. The van der Waals surface area contributed by atoms with Crippen molar-refractivity contribution in [2.75, 3.05) is 19.7 Å². The van der Waals surface area contributed by atoms with Crippen molar-refractivity contribution in [3.05, 3.63) is 41.5 Å². The lowest BCUT2D eigenvalue weighted by Gasteiger charge is -2.30. The highest BCUT2D eigenvalue weighted by Gasteiger charge is 2.27. The Labute approximate surface area is 159 Å². The van der Waals surface area contributed by atoms with E-state index in [2.05, 4.69) is 5.32 Å². The topological polar surface area (TPSA) is 75.7 Å². The zero-order chi connectivity index (χ0) is 19.2. The zero-order valence-corrected chi connectivity index (χ0v) is 15.6. The van der Waals surface area contributed by atoms with Crippen LogP contribution in [-0.2, 0) is 14.3 Å². The van der Waals surface area contributed by atoms with Crippen LogP contribution in [0.5, 0.6) is 0 Å². The second-order valence-electron chi connectivity index (χ2n) is 7.05. The van der Waals surface area contributed by atoms with Crippen LogP contribution in [-0.4, -0.2) is 48.4 Å². The van der Waals surface area contributed by atoms with E-state index in [1.165, 1.54) is 0 Å². The normalized spacial score (nSPS) is 17.7. The van der Waals surface area contributed by atoms with Crippen LogP contribution in [0.15, 0.2) is 30.3 Å². The van der Waals surface area contributed by atoms with Crippen LogP contribution in [0.3, 0.4) is 0 Å². The Morgan fingerprint density at radius 3 is 2.37 bits per heavy atom. The monoisotopic (exact) mass is 370 g/mol. The average molecular weight is 370 g/mol. The lowest BCUT2D eigenvalue weighted by atomic mass is 9.97. The number of ether oxygens (including phenoxy) is 1. The molecule has 1 N–H and O–H groups in total. The molecule has 0 bridgehead atoms. The maximum absolute atomic E-state index is 12.3. The van der Waals surface area contributed by atoms with E-state index >= 15 is 0 Å². The molecule has 1 heterocycles. The zero-order valence-electron chi connectivity index (χ0n) is 15.6. The maximum atomic E-state index is 12.3. The molecule has 0 aromatic heterocycles.